The lowest BCUT2D eigenvalue weighted by atomic mass is 10.0. The van der Waals surface area contributed by atoms with E-state index in [2.05, 4.69) is 37.7 Å². The molecule has 4 heteroatoms. The maximum Gasteiger partial charge on any atom is 0.0672 e. The zero-order valence-electron chi connectivity index (χ0n) is 13.8. The Morgan fingerprint density at radius 2 is 2.00 bits per heavy atom. The number of hydrogen-bond acceptors (Lipinski definition) is 3. The molecule has 0 aliphatic rings. The van der Waals surface area contributed by atoms with E-state index in [9.17, 15) is 0 Å². The molecule has 0 aromatic carbocycles. The van der Waals surface area contributed by atoms with Gasteiger partial charge in [0.25, 0.3) is 0 Å². The second-order valence-electron chi connectivity index (χ2n) is 5.26. The number of aryl methyl sites for hydroxylation is 2. The van der Waals surface area contributed by atoms with Crippen LogP contribution in [0.4, 0.5) is 0 Å². The van der Waals surface area contributed by atoms with Gasteiger partial charge < -0.3 is 10.1 Å². The highest BCUT2D eigenvalue weighted by atomic mass is 16.5. The van der Waals surface area contributed by atoms with Gasteiger partial charge in [-0.25, -0.2) is 0 Å². The molecule has 0 saturated carbocycles. The van der Waals surface area contributed by atoms with Crippen molar-refractivity contribution in [3.8, 4) is 0 Å². The molecule has 1 unspecified atom stereocenters. The molecule has 0 bridgehead atoms. The Kier molecular flexibility index (Phi) is 7.85. The van der Waals surface area contributed by atoms with Gasteiger partial charge in [0.2, 0.25) is 0 Å². The maximum absolute atomic E-state index is 5.15. The first-order chi connectivity index (χ1) is 9.69. The van der Waals surface area contributed by atoms with E-state index in [0.717, 1.165) is 45.4 Å². The Morgan fingerprint density at radius 3 is 2.55 bits per heavy atom. The van der Waals surface area contributed by atoms with Crippen molar-refractivity contribution in [2.45, 2.75) is 66.0 Å². The number of nitrogens with zero attached hydrogens (tertiary/aromatic N) is 2. The van der Waals surface area contributed by atoms with E-state index in [1.165, 1.54) is 17.0 Å². The average Bonchev–Trinajstić information content (AvgIpc) is 2.82. The fraction of sp³-hybridized carbons (Fsp3) is 0.812. The highest BCUT2D eigenvalue weighted by Gasteiger charge is 2.19. The first-order valence-electron chi connectivity index (χ1n) is 8.00. The molecule has 1 aromatic rings. The van der Waals surface area contributed by atoms with Gasteiger partial charge in [-0.2, -0.15) is 5.10 Å². The molecule has 1 atom stereocenters. The van der Waals surface area contributed by atoms with Crippen LogP contribution in [-0.2, 0) is 24.1 Å². The fourth-order valence-corrected chi connectivity index (χ4v) is 2.71. The van der Waals surface area contributed by atoms with Crippen molar-refractivity contribution in [3.05, 3.63) is 17.0 Å². The van der Waals surface area contributed by atoms with Crippen molar-refractivity contribution >= 4 is 0 Å². The zero-order valence-corrected chi connectivity index (χ0v) is 13.8. The van der Waals surface area contributed by atoms with Gasteiger partial charge in [0.1, 0.15) is 0 Å². The summed E-state index contributed by atoms with van der Waals surface area (Å²) in [5, 5.41) is 8.42. The number of nitrogens with one attached hydrogen (secondary N) is 1. The van der Waals surface area contributed by atoms with Crippen LogP contribution in [0, 0.1) is 0 Å². The van der Waals surface area contributed by atoms with E-state index < -0.39 is 0 Å². The third-order valence-corrected chi connectivity index (χ3v) is 3.70. The van der Waals surface area contributed by atoms with E-state index >= 15 is 0 Å². The van der Waals surface area contributed by atoms with Crippen molar-refractivity contribution in [1.29, 1.82) is 0 Å². The van der Waals surface area contributed by atoms with Crippen LogP contribution >= 0.6 is 0 Å². The minimum atomic E-state index is 0.385. The van der Waals surface area contributed by atoms with Gasteiger partial charge >= 0.3 is 0 Å². The predicted octanol–water partition coefficient (Wildman–Crippen LogP) is 3.11. The normalized spacial score (nSPS) is 12.8. The summed E-state index contributed by atoms with van der Waals surface area (Å²) in [7, 11) is 1.75. The summed E-state index contributed by atoms with van der Waals surface area (Å²) in [5.41, 5.74) is 4.05. The second-order valence-corrected chi connectivity index (χ2v) is 5.26. The predicted molar refractivity (Wildman–Crippen MR) is 84.2 cm³/mol. The molecule has 0 aliphatic carbocycles. The first-order valence-corrected chi connectivity index (χ1v) is 8.00. The van der Waals surface area contributed by atoms with Gasteiger partial charge in [0.05, 0.1) is 5.69 Å². The third kappa shape index (κ3) is 4.32. The Bertz CT molecular complexity index is 387. The van der Waals surface area contributed by atoms with Crippen molar-refractivity contribution < 1.29 is 4.74 Å². The summed E-state index contributed by atoms with van der Waals surface area (Å²) < 4.78 is 7.34. The Balaban J connectivity index is 2.94. The molecule has 1 aromatic heterocycles. The SMILES string of the molecule is CCCNC(C)c1c(CC)nn(CCCOC)c1CC. The van der Waals surface area contributed by atoms with E-state index in [0.29, 0.717) is 6.04 Å². The summed E-state index contributed by atoms with van der Waals surface area (Å²) in [5.74, 6) is 0. The van der Waals surface area contributed by atoms with Crippen molar-refractivity contribution in [3.63, 3.8) is 0 Å². The summed E-state index contributed by atoms with van der Waals surface area (Å²) in [4.78, 5) is 0. The molecule has 1 rings (SSSR count). The second kappa shape index (κ2) is 9.14. The van der Waals surface area contributed by atoms with Crippen LogP contribution < -0.4 is 5.32 Å². The molecule has 1 N–H and O–H groups in total. The van der Waals surface area contributed by atoms with Crippen LogP contribution in [0.2, 0.25) is 0 Å². The van der Waals surface area contributed by atoms with Crippen LogP contribution in [-0.4, -0.2) is 30.0 Å². The Morgan fingerprint density at radius 1 is 1.25 bits per heavy atom. The number of methoxy groups -OCH3 is 1. The van der Waals surface area contributed by atoms with Crippen molar-refractivity contribution in [2.24, 2.45) is 0 Å². The van der Waals surface area contributed by atoms with Crippen LogP contribution in [0.5, 0.6) is 0 Å². The minimum absolute atomic E-state index is 0.385. The number of rotatable bonds is 10. The van der Waals surface area contributed by atoms with E-state index in [1.54, 1.807) is 7.11 Å². The van der Waals surface area contributed by atoms with Gasteiger partial charge in [-0.1, -0.05) is 20.8 Å². The molecule has 0 fully saturated rings. The molecule has 116 valence electrons. The molecular formula is C16H31N3O. The molecular weight excluding hydrogens is 250 g/mol. The topological polar surface area (TPSA) is 39.1 Å². The quantitative estimate of drug-likeness (QED) is 0.670. The smallest absolute Gasteiger partial charge is 0.0672 e. The maximum atomic E-state index is 5.15. The molecule has 4 nitrogen and oxygen atoms in total. The van der Waals surface area contributed by atoms with Crippen LogP contribution in [0.1, 0.15) is 63.5 Å². The zero-order chi connectivity index (χ0) is 15.0. The fourth-order valence-electron chi connectivity index (χ4n) is 2.71. The van der Waals surface area contributed by atoms with Crippen molar-refractivity contribution in [2.75, 3.05) is 20.3 Å². The largest absolute Gasteiger partial charge is 0.385 e. The first kappa shape index (κ1) is 17.2. The summed E-state index contributed by atoms with van der Waals surface area (Å²) >= 11 is 0. The van der Waals surface area contributed by atoms with E-state index in [-0.39, 0.29) is 0 Å². The van der Waals surface area contributed by atoms with Gasteiger partial charge in [-0.05, 0) is 39.2 Å². The number of hydrogen-bond donors (Lipinski definition) is 1. The molecule has 0 spiro atoms. The molecule has 20 heavy (non-hydrogen) atoms. The van der Waals surface area contributed by atoms with Crippen molar-refractivity contribution in [1.82, 2.24) is 15.1 Å². The van der Waals surface area contributed by atoms with Crippen LogP contribution in [0.25, 0.3) is 0 Å². The summed E-state index contributed by atoms with van der Waals surface area (Å²) in [6.45, 7) is 11.7. The van der Waals surface area contributed by atoms with Crippen LogP contribution in [0.3, 0.4) is 0 Å². The van der Waals surface area contributed by atoms with E-state index in [1.807, 2.05) is 0 Å². The lowest BCUT2D eigenvalue weighted by molar-refractivity contribution is 0.188. The summed E-state index contributed by atoms with van der Waals surface area (Å²) in [6, 6.07) is 0.385. The monoisotopic (exact) mass is 281 g/mol. The molecule has 0 amide bonds. The highest BCUT2D eigenvalue weighted by molar-refractivity contribution is 5.30. The third-order valence-electron chi connectivity index (χ3n) is 3.70. The van der Waals surface area contributed by atoms with Gasteiger partial charge in [0.15, 0.2) is 0 Å². The summed E-state index contributed by atoms with van der Waals surface area (Å²) in [6.07, 6.45) is 4.21. The number of ether oxygens (including phenoxy) is 1. The molecule has 0 aliphatic heterocycles. The molecule has 0 saturated heterocycles. The Hall–Kier alpha value is -0.870. The van der Waals surface area contributed by atoms with Crippen LogP contribution in [0.15, 0.2) is 0 Å². The van der Waals surface area contributed by atoms with Gasteiger partial charge in [0, 0.05) is 37.6 Å². The van der Waals surface area contributed by atoms with Gasteiger partial charge in [-0.3, -0.25) is 4.68 Å². The molecule has 1 heterocycles. The Labute approximate surface area is 123 Å². The molecule has 0 radical (unpaired) electrons. The van der Waals surface area contributed by atoms with Gasteiger partial charge in [-0.15, -0.1) is 0 Å². The highest BCUT2D eigenvalue weighted by Crippen LogP contribution is 2.24. The lowest BCUT2D eigenvalue weighted by Gasteiger charge is -2.16. The van der Waals surface area contributed by atoms with E-state index in [4.69, 9.17) is 9.84 Å². The standard InChI is InChI=1S/C16H31N3O/c1-6-10-17-13(4)16-14(7-2)18-19(15(16)8-3)11-9-12-20-5/h13,17H,6-12H2,1-5H3. The average molecular weight is 281 g/mol. The minimum Gasteiger partial charge on any atom is -0.385 e. The number of aromatic nitrogens is 2. The lowest BCUT2D eigenvalue weighted by Crippen LogP contribution is -2.21.